The van der Waals surface area contributed by atoms with Crippen LogP contribution in [0.5, 0.6) is 0 Å². The van der Waals surface area contributed by atoms with Crippen LogP contribution in [-0.4, -0.2) is 54.1 Å². The van der Waals surface area contributed by atoms with Gasteiger partial charge in [0.15, 0.2) is 0 Å². The van der Waals surface area contributed by atoms with Crippen LogP contribution in [0.4, 0.5) is 4.79 Å². The number of nitrogens with zero attached hydrogens (tertiary/aromatic N) is 2. The number of benzene rings is 1. The van der Waals surface area contributed by atoms with Crippen LogP contribution in [0.1, 0.15) is 55.5 Å². The minimum atomic E-state index is -0.0105. The molecule has 1 saturated carbocycles. The fourth-order valence-corrected chi connectivity index (χ4v) is 5.97. The van der Waals surface area contributed by atoms with Crippen molar-refractivity contribution in [2.24, 2.45) is 0 Å². The third kappa shape index (κ3) is 6.31. The van der Waals surface area contributed by atoms with Crippen molar-refractivity contribution in [2.75, 3.05) is 26.2 Å². The van der Waals surface area contributed by atoms with Crippen LogP contribution in [0.25, 0.3) is 0 Å². The molecule has 2 atom stereocenters. The van der Waals surface area contributed by atoms with Gasteiger partial charge in [0, 0.05) is 49.7 Å². The van der Waals surface area contributed by atoms with Gasteiger partial charge in [-0.2, -0.15) is 0 Å². The SMILES string of the molecule is C[C@H](NC(=O)NC1CCCCC1)[C@@H](c1cccs1)N1CCN(Cc2ccccc2)CC1. The Bertz CT molecular complexity index is 783. The van der Waals surface area contributed by atoms with Gasteiger partial charge in [-0.15, -0.1) is 11.3 Å². The predicted molar refractivity (Wildman–Crippen MR) is 128 cm³/mol. The molecule has 1 saturated heterocycles. The molecule has 1 aromatic heterocycles. The first-order valence-corrected chi connectivity index (χ1v) is 12.7. The van der Waals surface area contributed by atoms with Gasteiger partial charge in [-0.3, -0.25) is 9.80 Å². The zero-order chi connectivity index (χ0) is 21.5. The molecular weight excluding hydrogens is 404 g/mol. The average Bonchev–Trinajstić information content (AvgIpc) is 3.31. The van der Waals surface area contributed by atoms with Gasteiger partial charge >= 0.3 is 6.03 Å². The van der Waals surface area contributed by atoms with E-state index in [2.05, 4.69) is 75.2 Å². The van der Waals surface area contributed by atoms with Crippen LogP contribution >= 0.6 is 11.3 Å². The predicted octanol–water partition coefficient (Wildman–Crippen LogP) is 4.63. The monoisotopic (exact) mass is 440 g/mol. The maximum absolute atomic E-state index is 12.7. The Kier molecular flexibility index (Phi) is 8.00. The lowest BCUT2D eigenvalue weighted by Crippen LogP contribution is -2.54. The summed E-state index contributed by atoms with van der Waals surface area (Å²) in [5.41, 5.74) is 1.38. The molecule has 168 valence electrons. The van der Waals surface area contributed by atoms with Gasteiger partial charge in [-0.05, 0) is 36.8 Å². The van der Waals surface area contributed by atoms with E-state index in [0.29, 0.717) is 6.04 Å². The van der Waals surface area contributed by atoms with Gasteiger partial charge in [0.1, 0.15) is 0 Å². The second-order valence-electron chi connectivity index (χ2n) is 9.00. The van der Waals surface area contributed by atoms with E-state index in [-0.39, 0.29) is 18.1 Å². The number of nitrogens with one attached hydrogen (secondary N) is 2. The van der Waals surface area contributed by atoms with Crippen LogP contribution in [0.15, 0.2) is 47.8 Å². The third-order valence-electron chi connectivity index (χ3n) is 6.66. The van der Waals surface area contributed by atoms with Crippen molar-refractivity contribution in [3.63, 3.8) is 0 Å². The molecular formula is C25H36N4OS. The normalized spacial score (nSPS) is 20.8. The highest BCUT2D eigenvalue weighted by molar-refractivity contribution is 7.10. The Morgan fingerprint density at radius 3 is 2.45 bits per heavy atom. The van der Waals surface area contributed by atoms with Gasteiger partial charge < -0.3 is 10.6 Å². The van der Waals surface area contributed by atoms with Gasteiger partial charge in [0.05, 0.1) is 6.04 Å². The number of carbonyl (C=O) groups excluding carboxylic acids is 1. The molecule has 2 N–H and O–H groups in total. The molecule has 1 aromatic carbocycles. The van der Waals surface area contributed by atoms with Crippen LogP contribution in [-0.2, 0) is 6.54 Å². The molecule has 2 amide bonds. The van der Waals surface area contributed by atoms with Crippen molar-refractivity contribution in [3.8, 4) is 0 Å². The number of hydrogen-bond acceptors (Lipinski definition) is 4. The summed E-state index contributed by atoms with van der Waals surface area (Å²) in [7, 11) is 0. The zero-order valence-electron chi connectivity index (χ0n) is 18.6. The van der Waals surface area contributed by atoms with Gasteiger partial charge in [-0.25, -0.2) is 4.79 Å². The molecule has 1 aliphatic heterocycles. The summed E-state index contributed by atoms with van der Waals surface area (Å²) >= 11 is 1.79. The Hall–Kier alpha value is -1.89. The smallest absolute Gasteiger partial charge is 0.315 e. The number of hydrogen-bond donors (Lipinski definition) is 2. The minimum absolute atomic E-state index is 0.0105. The Labute approximate surface area is 190 Å². The van der Waals surface area contributed by atoms with Crippen LogP contribution in [0.3, 0.4) is 0 Å². The number of rotatable bonds is 7. The summed E-state index contributed by atoms with van der Waals surface area (Å²) in [6, 6.07) is 15.6. The first kappa shape index (κ1) is 22.3. The number of carbonyl (C=O) groups is 1. The lowest BCUT2D eigenvalue weighted by Gasteiger charge is -2.41. The van der Waals surface area contributed by atoms with E-state index >= 15 is 0 Å². The number of thiophene rings is 1. The second-order valence-corrected chi connectivity index (χ2v) is 9.98. The van der Waals surface area contributed by atoms with Gasteiger partial charge in [0.2, 0.25) is 0 Å². The molecule has 1 aliphatic carbocycles. The summed E-state index contributed by atoms with van der Waals surface area (Å²) in [5.74, 6) is 0. The lowest BCUT2D eigenvalue weighted by atomic mass is 9.96. The third-order valence-corrected chi connectivity index (χ3v) is 7.60. The van der Waals surface area contributed by atoms with E-state index in [1.165, 1.54) is 29.7 Å². The molecule has 2 fully saturated rings. The Morgan fingerprint density at radius 2 is 1.77 bits per heavy atom. The molecule has 2 heterocycles. The minimum Gasteiger partial charge on any atom is -0.335 e. The van der Waals surface area contributed by atoms with E-state index < -0.39 is 0 Å². The van der Waals surface area contributed by atoms with E-state index in [9.17, 15) is 4.79 Å². The van der Waals surface area contributed by atoms with Crippen molar-refractivity contribution in [3.05, 3.63) is 58.3 Å². The summed E-state index contributed by atoms with van der Waals surface area (Å²) in [6.45, 7) is 7.31. The second kappa shape index (κ2) is 11.1. The highest BCUT2D eigenvalue weighted by Crippen LogP contribution is 2.29. The molecule has 4 rings (SSSR count). The van der Waals surface area contributed by atoms with E-state index in [1.54, 1.807) is 11.3 Å². The molecule has 2 aromatic rings. The largest absolute Gasteiger partial charge is 0.335 e. The molecule has 2 aliphatic rings. The molecule has 31 heavy (non-hydrogen) atoms. The summed E-state index contributed by atoms with van der Waals surface area (Å²) < 4.78 is 0. The van der Waals surface area contributed by atoms with Crippen LogP contribution in [0.2, 0.25) is 0 Å². The number of urea groups is 1. The first-order valence-electron chi connectivity index (χ1n) is 11.8. The quantitative estimate of drug-likeness (QED) is 0.660. The number of piperazine rings is 1. The fraction of sp³-hybridized carbons (Fsp3) is 0.560. The van der Waals surface area contributed by atoms with Crippen LogP contribution in [0, 0.1) is 0 Å². The highest BCUT2D eigenvalue weighted by atomic mass is 32.1. The van der Waals surface area contributed by atoms with Crippen molar-refractivity contribution >= 4 is 17.4 Å². The Balaban J connectivity index is 1.34. The van der Waals surface area contributed by atoms with Crippen molar-refractivity contribution in [1.29, 1.82) is 0 Å². The summed E-state index contributed by atoms with van der Waals surface area (Å²) in [6.07, 6.45) is 5.98. The van der Waals surface area contributed by atoms with E-state index in [1.807, 2.05) is 0 Å². The first-order chi connectivity index (χ1) is 15.2. The maximum atomic E-state index is 12.7. The molecule has 0 spiro atoms. The molecule has 0 unspecified atom stereocenters. The topological polar surface area (TPSA) is 47.6 Å². The molecule has 0 radical (unpaired) electrons. The standard InChI is InChI=1S/C25H36N4OS/c1-20(26-25(30)27-22-11-6-3-7-12-22)24(23-13-8-18-31-23)29-16-14-28(15-17-29)19-21-9-4-2-5-10-21/h2,4-5,8-10,13,18,20,22,24H,3,6-7,11-12,14-17,19H2,1H3,(H2,26,27,30)/t20-,24-/m0/s1. The lowest BCUT2D eigenvalue weighted by molar-refractivity contribution is 0.0796. The zero-order valence-corrected chi connectivity index (χ0v) is 19.4. The Morgan fingerprint density at radius 1 is 1.03 bits per heavy atom. The fourth-order valence-electron chi connectivity index (χ4n) is 5.00. The summed E-state index contributed by atoms with van der Waals surface area (Å²) in [4.78, 5) is 19.1. The van der Waals surface area contributed by atoms with Gasteiger partial charge in [-0.1, -0.05) is 55.7 Å². The molecule has 6 heteroatoms. The van der Waals surface area contributed by atoms with Gasteiger partial charge in [0.25, 0.3) is 0 Å². The average molecular weight is 441 g/mol. The van der Waals surface area contributed by atoms with Crippen molar-refractivity contribution in [1.82, 2.24) is 20.4 Å². The number of amides is 2. The molecule has 5 nitrogen and oxygen atoms in total. The van der Waals surface area contributed by atoms with Crippen molar-refractivity contribution < 1.29 is 4.79 Å². The molecule has 0 bridgehead atoms. The van der Waals surface area contributed by atoms with Crippen LogP contribution < -0.4 is 10.6 Å². The maximum Gasteiger partial charge on any atom is 0.315 e. The highest BCUT2D eigenvalue weighted by Gasteiger charge is 2.31. The van der Waals surface area contributed by atoms with E-state index in [4.69, 9.17) is 0 Å². The summed E-state index contributed by atoms with van der Waals surface area (Å²) in [5, 5.41) is 8.62. The van der Waals surface area contributed by atoms with Crippen molar-refractivity contribution in [2.45, 2.75) is 63.7 Å². The van der Waals surface area contributed by atoms with E-state index in [0.717, 1.165) is 45.6 Å².